The number of carboxylic acids is 1. The van der Waals surface area contributed by atoms with Gasteiger partial charge >= 0.3 is 5.97 Å². The van der Waals surface area contributed by atoms with E-state index in [9.17, 15) is 14.7 Å². The number of hydrogen-bond acceptors (Lipinski definition) is 2. The summed E-state index contributed by atoms with van der Waals surface area (Å²) < 4.78 is 1.56. The van der Waals surface area contributed by atoms with Gasteiger partial charge in [-0.1, -0.05) is 22.4 Å². The highest BCUT2D eigenvalue weighted by molar-refractivity contribution is 9.11. The number of likely N-dealkylation sites (tertiary alicyclic amines) is 1. The number of nitrogens with zero attached hydrogens (tertiary/aromatic N) is 1. The van der Waals surface area contributed by atoms with Gasteiger partial charge in [0, 0.05) is 15.5 Å². The fourth-order valence-electron chi connectivity index (χ4n) is 3.65. The maximum absolute atomic E-state index is 12.7. The molecule has 1 aliphatic carbocycles. The van der Waals surface area contributed by atoms with Crippen molar-refractivity contribution in [1.29, 1.82) is 0 Å². The molecule has 1 aromatic rings. The Morgan fingerprint density at radius 3 is 2.67 bits per heavy atom. The van der Waals surface area contributed by atoms with E-state index in [4.69, 9.17) is 0 Å². The molecule has 112 valence electrons. The number of carboxylic acid groups (broad SMARTS) is 1. The van der Waals surface area contributed by atoms with E-state index in [1.54, 1.807) is 23.1 Å². The number of carbonyl (C=O) groups is 2. The van der Waals surface area contributed by atoms with Crippen LogP contribution in [0.3, 0.4) is 0 Å². The Morgan fingerprint density at radius 1 is 1.24 bits per heavy atom. The molecule has 1 saturated heterocycles. The first-order chi connectivity index (χ1) is 9.99. The molecule has 1 aliphatic heterocycles. The summed E-state index contributed by atoms with van der Waals surface area (Å²) in [5.41, 5.74) is 0.518. The molecule has 0 bridgehead atoms. The van der Waals surface area contributed by atoms with Crippen molar-refractivity contribution in [3.05, 3.63) is 32.7 Å². The monoisotopic (exact) mass is 415 g/mol. The van der Waals surface area contributed by atoms with E-state index >= 15 is 0 Å². The molecule has 1 aromatic carbocycles. The third kappa shape index (κ3) is 2.63. The minimum Gasteiger partial charge on any atom is -0.480 e. The highest BCUT2D eigenvalue weighted by Crippen LogP contribution is 2.43. The molecule has 0 spiro atoms. The van der Waals surface area contributed by atoms with E-state index in [0.717, 1.165) is 23.7 Å². The van der Waals surface area contributed by atoms with Gasteiger partial charge < -0.3 is 10.0 Å². The predicted molar refractivity (Wildman–Crippen MR) is 85.1 cm³/mol. The zero-order valence-corrected chi connectivity index (χ0v) is 14.4. The Bertz CT molecular complexity index is 605. The summed E-state index contributed by atoms with van der Waals surface area (Å²) in [5, 5.41) is 9.53. The number of fused-ring (bicyclic) bond motifs is 1. The summed E-state index contributed by atoms with van der Waals surface area (Å²) in [4.78, 5) is 25.9. The van der Waals surface area contributed by atoms with E-state index in [-0.39, 0.29) is 11.8 Å². The molecule has 2 aliphatic rings. The van der Waals surface area contributed by atoms with Crippen LogP contribution in [0.4, 0.5) is 0 Å². The van der Waals surface area contributed by atoms with E-state index in [1.807, 2.05) is 0 Å². The number of hydrogen-bond donors (Lipinski definition) is 1. The molecular weight excluding hydrogens is 402 g/mol. The van der Waals surface area contributed by atoms with Crippen LogP contribution in [0.1, 0.15) is 29.6 Å². The largest absolute Gasteiger partial charge is 0.480 e. The van der Waals surface area contributed by atoms with Crippen LogP contribution in [0, 0.1) is 11.8 Å². The summed E-state index contributed by atoms with van der Waals surface area (Å²) in [5.74, 6) is -0.632. The van der Waals surface area contributed by atoms with Crippen LogP contribution in [-0.4, -0.2) is 34.5 Å². The first-order valence-electron chi connectivity index (χ1n) is 6.98. The second kappa shape index (κ2) is 5.72. The lowest BCUT2D eigenvalue weighted by Crippen LogP contribution is -2.43. The van der Waals surface area contributed by atoms with Crippen LogP contribution in [0.2, 0.25) is 0 Å². The zero-order chi connectivity index (χ0) is 15.1. The fourth-order valence-corrected chi connectivity index (χ4v) is 4.87. The zero-order valence-electron chi connectivity index (χ0n) is 11.3. The summed E-state index contributed by atoms with van der Waals surface area (Å²) in [6.45, 7) is 0.559. The molecule has 1 amide bonds. The molecule has 0 radical (unpaired) electrons. The Balaban J connectivity index is 1.91. The number of benzene rings is 1. The highest BCUT2D eigenvalue weighted by atomic mass is 79.9. The summed E-state index contributed by atoms with van der Waals surface area (Å²) >= 11 is 6.74. The van der Waals surface area contributed by atoms with Crippen molar-refractivity contribution in [2.24, 2.45) is 11.8 Å². The Kier molecular flexibility index (Phi) is 4.10. The summed E-state index contributed by atoms with van der Waals surface area (Å²) in [7, 11) is 0. The molecule has 4 nitrogen and oxygen atoms in total. The minimum absolute atomic E-state index is 0.112. The van der Waals surface area contributed by atoms with Crippen molar-refractivity contribution in [2.45, 2.75) is 25.3 Å². The van der Waals surface area contributed by atoms with Gasteiger partial charge in [0.2, 0.25) is 0 Å². The number of carbonyl (C=O) groups excluding carboxylic acids is 1. The summed E-state index contributed by atoms with van der Waals surface area (Å²) in [6, 6.07) is 4.65. The van der Waals surface area contributed by atoms with Crippen LogP contribution in [-0.2, 0) is 4.79 Å². The van der Waals surface area contributed by atoms with Crippen molar-refractivity contribution in [3.8, 4) is 0 Å². The number of rotatable bonds is 2. The maximum atomic E-state index is 12.7. The SMILES string of the molecule is O=C(O)C1C2CCCC2CN1C(=O)c1ccc(Br)cc1Br. The highest BCUT2D eigenvalue weighted by Gasteiger charge is 2.49. The molecule has 1 N–H and O–H groups in total. The van der Waals surface area contributed by atoms with Crippen LogP contribution < -0.4 is 0 Å². The van der Waals surface area contributed by atoms with Crippen LogP contribution >= 0.6 is 31.9 Å². The van der Waals surface area contributed by atoms with Crippen molar-refractivity contribution >= 4 is 43.7 Å². The van der Waals surface area contributed by atoms with Crippen molar-refractivity contribution in [3.63, 3.8) is 0 Å². The third-order valence-corrected chi connectivity index (χ3v) is 5.72. The van der Waals surface area contributed by atoms with E-state index < -0.39 is 12.0 Å². The Hall–Kier alpha value is -0.880. The quantitative estimate of drug-likeness (QED) is 0.802. The fraction of sp³-hybridized carbons (Fsp3) is 0.467. The second-order valence-corrected chi connectivity index (χ2v) is 7.49. The van der Waals surface area contributed by atoms with Gasteiger partial charge in [0.15, 0.2) is 0 Å². The first kappa shape index (κ1) is 15.0. The smallest absolute Gasteiger partial charge is 0.326 e. The van der Waals surface area contributed by atoms with Crippen LogP contribution in [0.25, 0.3) is 0 Å². The molecule has 3 atom stereocenters. The summed E-state index contributed by atoms with van der Waals surface area (Å²) in [6.07, 6.45) is 3.01. The third-order valence-electron chi connectivity index (χ3n) is 4.57. The predicted octanol–water partition coefficient (Wildman–Crippen LogP) is 3.54. The van der Waals surface area contributed by atoms with Crippen molar-refractivity contribution < 1.29 is 14.7 Å². The number of halogens is 2. The van der Waals surface area contributed by atoms with Gasteiger partial charge in [0.05, 0.1) is 5.56 Å². The van der Waals surface area contributed by atoms with Gasteiger partial charge in [-0.2, -0.15) is 0 Å². The molecular formula is C15H15Br2NO3. The lowest BCUT2D eigenvalue weighted by molar-refractivity contribution is -0.142. The van der Waals surface area contributed by atoms with Crippen molar-refractivity contribution in [2.75, 3.05) is 6.54 Å². The lowest BCUT2D eigenvalue weighted by atomic mass is 9.94. The maximum Gasteiger partial charge on any atom is 0.326 e. The average molecular weight is 417 g/mol. The lowest BCUT2D eigenvalue weighted by Gasteiger charge is -2.25. The molecule has 1 heterocycles. The number of amides is 1. The van der Waals surface area contributed by atoms with Gasteiger partial charge in [0.25, 0.3) is 5.91 Å². The van der Waals surface area contributed by atoms with Gasteiger partial charge in [-0.3, -0.25) is 4.79 Å². The molecule has 6 heteroatoms. The number of aliphatic carboxylic acids is 1. The van der Waals surface area contributed by atoms with Crippen LogP contribution in [0.15, 0.2) is 27.1 Å². The molecule has 1 saturated carbocycles. The average Bonchev–Trinajstić information content (AvgIpc) is 2.96. The topological polar surface area (TPSA) is 57.6 Å². The van der Waals surface area contributed by atoms with Gasteiger partial charge in [0.1, 0.15) is 6.04 Å². The van der Waals surface area contributed by atoms with E-state index in [2.05, 4.69) is 31.9 Å². The van der Waals surface area contributed by atoms with E-state index in [1.165, 1.54) is 0 Å². The van der Waals surface area contributed by atoms with Crippen molar-refractivity contribution in [1.82, 2.24) is 4.90 Å². The van der Waals surface area contributed by atoms with Gasteiger partial charge in [-0.05, 0) is 58.8 Å². The van der Waals surface area contributed by atoms with Gasteiger partial charge in [-0.15, -0.1) is 0 Å². The standard InChI is InChI=1S/C15H15Br2NO3/c16-9-4-5-11(12(17)6-9)14(19)18-7-8-2-1-3-10(8)13(18)15(20)21/h4-6,8,10,13H,1-3,7H2,(H,20,21). The first-order valence-corrected chi connectivity index (χ1v) is 8.56. The van der Waals surface area contributed by atoms with Crippen LogP contribution in [0.5, 0.6) is 0 Å². The molecule has 0 aromatic heterocycles. The second-order valence-electron chi connectivity index (χ2n) is 5.72. The Labute approximate surface area is 139 Å². The van der Waals surface area contributed by atoms with Gasteiger partial charge in [-0.25, -0.2) is 4.79 Å². The Morgan fingerprint density at radius 2 is 2.00 bits per heavy atom. The normalized spacial score (nSPS) is 27.7. The minimum atomic E-state index is -0.883. The molecule has 2 fully saturated rings. The molecule has 21 heavy (non-hydrogen) atoms. The molecule has 3 unspecified atom stereocenters. The molecule has 3 rings (SSSR count). The van der Waals surface area contributed by atoms with E-state index in [0.29, 0.717) is 22.5 Å².